The van der Waals surface area contributed by atoms with Crippen LogP contribution in [0.3, 0.4) is 0 Å². The largest absolute Gasteiger partial charge is 0.416 e. The molecule has 1 nitrogen and oxygen atoms in total. The summed E-state index contributed by atoms with van der Waals surface area (Å²) in [5, 5.41) is 10.8. The van der Waals surface area contributed by atoms with Crippen molar-refractivity contribution < 1.29 is 18.3 Å². The first kappa shape index (κ1) is 17.0. The van der Waals surface area contributed by atoms with Crippen molar-refractivity contribution in [3.8, 4) is 0 Å². The Kier molecular flexibility index (Phi) is 5.25. The van der Waals surface area contributed by atoms with E-state index in [9.17, 15) is 18.3 Å². The molecule has 1 N–H and O–H groups in total. The Morgan fingerprint density at radius 1 is 0.850 bits per heavy atom. The summed E-state index contributed by atoms with van der Waals surface area (Å²) in [7, 11) is 0. The van der Waals surface area contributed by atoms with Gasteiger partial charge in [-0.1, -0.05) is 39.8 Å². The monoisotopic (exact) mass is 288 g/mol. The minimum Gasteiger partial charge on any atom is -0.385 e. The van der Waals surface area contributed by atoms with E-state index in [1.165, 1.54) is 12.1 Å². The Balaban J connectivity index is 3.08. The number of rotatable bonds is 5. The third kappa shape index (κ3) is 4.51. The lowest BCUT2D eigenvalue weighted by atomic mass is 9.79. The molecule has 0 heterocycles. The van der Waals surface area contributed by atoms with E-state index in [-0.39, 0.29) is 11.8 Å². The number of hydrogen-bond donors (Lipinski definition) is 1. The molecule has 0 aliphatic carbocycles. The normalized spacial score (nSPS) is 13.3. The van der Waals surface area contributed by atoms with Gasteiger partial charge in [0.05, 0.1) is 11.2 Å². The zero-order chi connectivity index (χ0) is 15.6. The molecular weight excluding hydrogens is 265 g/mol. The van der Waals surface area contributed by atoms with E-state index >= 15 is 0 Å². The maximum absolute atomic E-state index is 12.6. The lowest BCUT2D eigenvalue weighted by molar-refractivity contribution is -0.137. The van der Waals surface area contributed by atoms with Gasteiger partial charge in [0.15, 0.2) is 0 Å². The summed E-state index contributed by atoms with van der Waals surface area (Å²) < 4.78 is 37.7. The van der Waals surface area contributed by atoms with Gasteiger partial charge in [-0.15, -0.1) is 0 Å². The minimum atomic E-state index is -4.34. The second-order valence-corrected chi connectivity index (χ2v) is 6.30. The summed E-state index contributed by atoms with van der Waals surface area (Å²) in [6, 6.07) is 4.88. The molecule has 0 aliphatic heterocycles. The predicted octanol–water partition coefficient (Wildman–Crippen LogP) is 4.99. The summed E-state index contributed by atoms with van der Waals surface area (Å²) in [4.78, 5) is 0. The summed E-state index contributed by atoms with van der Waals surface area (Å²) in [6.07, 6.45) is -3.26. The Morgan fingerprint density at radius 2 is 1.20 bits per heavy atom. The lowest BCUT2D eigenvalue weighted by Crippen LogP contribution is -2.29. The highest BCUT2D eigenvalue weighted by Crippen LogP contribution is 2.36. The molecule has 0 bridgehead atoms. The van der Waals surface area contributed by atoms with Crippen molar-refractivity contribution in [1.29, 1.82) is 0 Å². The first-order valence-electron chi connectivity index (χ1n) is 6.94. The zero-order valence-corrected chi connectivity index (χ0v) is 12.5. The molecule has 20 heavy (non-hydrogen) atoms. The van der Waals surface area contributed by atoms with Gasteiger partial charge >= 0.3 is 6.18 Å². The van der Waals surface area contributed by atoms with E-state index in [0.717, 1.165) is 12.1 Å². The molecule has 4 heteroatoms. The molecule has 0 atom stereocenters. The molecule has 1 aromatic carbocycles. The second-order valence-electron chi connectivity index (χ2n) is 6.30. The molecule has 0 amide bonds. The smallest absolute Gasteiger partial charge is 0.385 e. The van der Waals surface area contributed by atoms with Crippen LogP contribution in [0, 0.1) is 11.8 Å². The number of halogens is 3. The van der Waals surface area contributed by atoms with Crippen LogP contribution in [0.2, 0.25) is 0 Å². The van der Waals surface area contributed by atoms with Crippen molar-refractivity contribution in [3.05, 3.63) is 35.4 Å². The Hall–Kier alpha value is -1.03. The highest BCUT2D eigenvalue weighted by atomic mass is 19.4. The van der Waals surface area contributed by atoms with Crippen LogP contribution in [-0.2, 0) is 11.8 Å². The Morgan fingerprint density at radius 3 is 1.50 bits per heavy atom. The highest BCUT2D eigenvalue weighted by Gasteiger charge is 2.34. The van der Waals surface area contributed by atoms with Gasteiger partial charge < -0.3 is 5.11 Å². The van der Waals surface area contributed by atoms with Crippen molar-refractivity contribution in [3.63, 3.8) is 0 Å². The van der Waals surface area contributed by atoms with Gasteiger partial charge in [-0.05, 0) is 42.4 Å². The molecule has 0 aliphatic rings. The zero-order valence-electron chi connectivity index (χ0n) is 12.5. The van der Waals surface area contributed by atoms with Crippen LogP contribution in [0.25, 0.3) is 0 Å². The molecule has 1 aromatic rings. The van der Waals surface area contributed by atoms with Crippen LogP contribution >= 0.6 is 0 Å². The standard InChI is InChI=1S/C16H23F3O/c1-11(2)9-15(20,10-12(3)4)13-5-7-14(8-6-13)16(17,18)19/h5-8,11-12,20H,9-10H2,1-4H3. The molecular formula is C16H23F3O. The van der Waals surface area contributed by atoms with Gasteiger partial charge in [-0.3, -0.25) is 0 Å². The maximum atomic E-state index is 12.6. The van der Waals surface area contributed by atoms with Gasteiger partial charge in [-0.25, -0.2) is 0 Å². The fourth-order valence-corrected chi connectivity index (χ4v) is 2.64. The first-order valence-corrected chi connectivity index (χ1v) is 6.94. The molecule has 0 unspecified atom stereocenters. The number of aliphatic hydroxyl groups is 1. The van der Waals surface area contributed by atoms with Crippen molar-refractivity contribution in [2.24, 2.45) is 11.8 Å². The minimum absolute atomic E-state index is 0.265. The predicted molar refractivity (Wildman–Crippen MR) is 74.3 cm³/mol. The molecule has 0 saturated heterocycles. The van der Waals surface area contributed by atoms with Crippen LogP contribution in [0.4, 0.5) is 13.2 Å². The fourth-order valence-electron chi connectivity index (χ4n) is 2.64. The summed E-state index contributed by atoms with van der Waals surface area (Å²) >= 11 is 0. The molecule has 0 saturated carbocycles. The Bertz CT molecular complexity index is 408. The van der Waals surface area contributed by atoms with Crippen LogP contribution in [-0.4, -0.2) is 5.11 Å². The van der Waals surface area contributed by atoms with Gasteiger partial charge in [0, 0.05) is 0 Å². The average molecular weight is 288 g/mol. The lowest BCUT2D eigenvalue weighted by Gasteiger charge is -2.32. The molecule has 0 fully saturated rings. The average Bonchev–Trinajstić information content (AvgIpc) is 2.25. The van der Waals surface area contributed by atoms with E-state index in [4.69, 9.17) is 0 Å². The van der Waals surface area contributed by atoms with E-state index in [1.807, 2.05) is 27.7 Å². The summed E-state index contributed by atoms with van der Waals surface area (Å²) in [5.74, 6) is 0.530. The second kappa shape index (κ2) is 6.17. The quantitative estimate of drug-likeness (QED) is 0.809. The highest BCUT2D eigenvalue weighted by molar-refractivity contribution is 5.29. The van der Waals surface area contributed by atoms with Crippen molar-refractivity contribution >= 4 is 0 Å². The molecule has 114 valence electrons. The summed E-state index contributed by atoms with van der Waals surface area (Å²) in [6.45, 7) is 7.98. The van der Waals surface area contributed by atoms with E-state index in [2.05, 4.69) is 0 Å². The maximum Gasteiger partial charge on any atom is 0.416 e. The molecule has 0 spiro atoms. The van der Waals surface area contributed by atoms with Crippen molar-refractivity contribution in [2.45, 2.75) is 52.3 Å². The van der Waals surface area contributed by atoms with E-state index in [1.54, 1.807) is 0 Å². The van der Waals surface area contributed by atoms with Crippen LogP contribution < -0.4 is 0 Å². The molecule has 0 aromatic heterocycles. The van der Waals surface area contributed by atoms with Crippen LogP contribution in [0.1, 0.15) is 51.7 Å². The van der Waals surface area contributed by atoms with Gasteiger partial charge in [0.2, 0.25) is 0 Å². The van der Waals surface area contributed by atoms with E-state index in [0.29, 0.717) is 18.4 Å². The van der Waals surface area contributed by atoms with Gasteiger partial charge in [-0.2, -0.15) is 13.2 Å². The van der Waals surface area contributed by atoms with E-state index < -0.39 is 17.3 Å². The van der Waals surface area contributed by atoms with Gasteiger partial charge in [0.1, 0.15) is 0 Å². The van der Waals surface area contributed by atoms with Crippen molar-refractivity contribution in [1.82, 2.24) is 0 Å². The molecule has 1 rings (SSSR count). The number of benzene rings is 1. The SMILES string of the molecule is CC(C)CC(O)(CC(C)C)c1ccc(C(F)(F)F)cc1. The number of alkyl halides is 3. The molecule has 0 radical (unpaired) electrons. The topological polar surface area (TPSA) is 20.2 Å². The third-order valence-electron chi connectivity index (χ3n) is 3.24. The third-order valence-corrected chi connectivity index (χ3v) is 3.24. The van der Waals surface area contributed by atoms with Crippen molar-refractivity contribution in [2.75, 3.05) is 0 Å². The van der Waals surface area contributed by atoms with Gasteiger partial charge in [0.25, 0.3) is 0 Å². The van der Waals surface area contributed by atoms with Crippen LogP contribution in [0.15, 0.2) is 24.3 Å². The summed E-state index contributed by atoms with van der Waals surface area (Å²) in [5.41, 5.74) is -1.18. The van der Waals surface area contributed by atoms with Crippen LogP contribution in [0.5, 0.6) is 0 Å². The number of hydrogen-bond acceptors (Lipinski definition) is 1. The first-order chi connectivity index (χ1) is 9.04. The Labute approximate surface area is 118 Å². The fraction of sp³-hybridized carbons (Fsp3) is 0.625.